The zero-order chi connectivity index (χ0) is 18.3. The smallest absolute Gasteiger partial charge is 0.264 e. The Labute approximate surface area is 168 Å². The summed E-state index contributed by atoms with van der Waals surface area (Å²) in [6, 6.07) is 7.33. The highest BCUT2D eigenvalue weighted by Crippen LogP contribution is 2.38. The molecule has 0 saturated carbocycles. The summed E-state index contributed by atoms with van der Waals surface area (Å²) in [5, 5.41) is 1.48. The second-order valence-electron chi connectivity index (χ2n) is 5.81. The zero-order valence-corrected chi connectivity index (χ0v) is 17.0. The number of amides is 1. The molecule has 0 radical (unpaired) electrons. The molecule has 2 aromatic heterocycles. The third-order valence-corrected chi connectivity index (χ3v) is 6.88. The van der Waals surface area contributed by atoms with Crippen molar-refractivity contribution in [3.8, 4) is 5.75 Å². The third-order valence-electron chi connectivity index (χ3n) is 4.28. The Kier molecular flexibility index (Phi) is 4.96. The number of ether oxygens (including phenoxy) is 1. The maximum absolute atomic E-state index is 12.5. The summed E-state index contributed by atoms with van der Waals surface area (Å²) in [6.07, 6.45) is 0. The van der Waals surface area contributed by atoms with Gasteiger partial charge in [-0.3, -0.25) is 4.79 Å². The molecule has 0 atom stereocenters. The fourth-order valence-corrected chi connectivity index (χ4v) is 5.21. The highest BCUT2D eigenvalue weighted by atomic mass is 35.5. The maximum atomic E-state index is 12.5. The lowest BCUT2D eigenvalue weighted by atomic mass is 10.3. The van der Waals surface area contributed by atoms with Crippen LogP contribution in [0.15, 0.2) is 24.3 Å². The molecule has 0 bridgehead atoms. The molecule has 0 unspecified atom stereocenters. The first-order chi connectivity index (χ1) is 12.6. The van der Waals surface area contributed by atoms with Gasteiger partial charge in [-0.05, 0) is 24.3 Å². The average molecular weight is 428 g/mol. The zero-order valence-electron chi connectivity index (χ0n) is 13.9. The van der Waals surface area contributed by atoms with Crippen LogP contribution in [0.1, 0.15) is 9.67 Å². The molecular weight excluding hydrogens is 413 g/mol. The van der Waals surface area contributed by atoms with E-state index in [1.54, 1.807) is 30.6 Å². The second kappa shape index (κ2) is 7.23. The number of halogens is 2. The van der Waals surface area contributed by atoms with Crippen molar-refractivity contribution in [2.75, 3.05) is 38.2 Å². The van der Waals surface area contributed by atoms with Gasteiger partial charge in [0.25, 0.3) is 5.91 Å². The number of nitrogens with zero attached hydrogens (tertiary/aromatic N) is 3. The standard InChI is InChI=1S/C17H15Cl2N3O2S2/c1-24-15-10(18)2-3-11-14(15)20-17(26-11)22-8-6-21(7-9-22)16(23)12-4-5-13(19)25-12/h2-5H,6-9H2,1H3. The molecule has 1 saturated heterocycles. The number of benzene rings is 1. The van der Waals surface area contributed by atoms with Gasteiger partial charge in [0.2, 0.25) is 0 Å². The molecule has 0 spiro atoms. The predicted molar refractivity (Wildman–Crippen MR) is 109 cm³/mol. The van der Waals surface area contributed by atoms with Crippen LogP contribution in [0.2, 0.25) is 9.36 Å². The first kappa shape index (κ1) is 17.9. The fraction of sp³-hybridized carbons (Fsp3) is 0.294. The molecule has 0 N–H and O–H groups in total. The number of carbonyl (C=O) groups excluding carboxylic acids is 1. The number of hydrogen-bond donors (Lipinski definition) is 0. The van der Waals surface area contributed by atoms with Gasteiger partial charge in [-0.1, -0.05) is 34.5 Å². The van der Waals surface area contributed by atoms with Gasteiger partial charge < -0.3 is 14.5 Å². The molecule has 3 heterocycles. The van der Waals surface area contributed by atoms with Crippen molar-refractivity contribution in [2.45, 2.75) is 0 Å². The highest BCUT2D eigenvalue weighted by molar-refractivity contribution is 7.22. The van der Waals surface area contributed by atoms with E-state index in [-0.39, 0.29) is 5.91 Å². The number of hydrogen-bond acceptors (Lipinski definition) is 6. The van der Waals surface area contributed by atoms with Crippen molar-refractivity contribution in [3.63, 3.8) is 0 Å². The summed E-state index contributed by atoms with van der Waals surface area (Å²) >= 11 is 15.0. The van der Waals surface area contributed by atoms with Crippen LogP contribution in [-0.2, 0) is 0 Å². The molecule has 9 heteroatoms. The summed E-state index contributed by atoms with van der Waals surface area (Å²) in [4.78, 5) is 22.0. The summed E-state index contributed by atoms with van der Waals surface area (Å²) in [5.74, 6) is 0.648. The molecule has 1 aromatic carbocycles. The van der Waals surface area contributed by atoms with Crippen LogP contribution in [0.4, 0.5) is 5.13 Å². The van der Waals surface area contributed by atoms with E-state index in [0.29, 0.717) is 33.1 Å². The third kappa shape index (κ3) is 3.24. The van der Waals surface area contributed by atoms with Crippen LogP contribution >= 0.6 is 45.9 Å². The van der Waals surface area contributed by atoms with E-state index in [0.717, 1.165) is 28.4 Å². The number of carbonyl (C=O) groups is 1. The van der Waals surface area contributed by atoms with Gasteiger partial charge in [0.1, 0.15) is 5.52 Å². The van der Waals surface area contributed by atoms with Gasteiger partial charge in [-0.2, -0.15) is 0 Å². The van der Waals surface area contributed by atoms with Crippen molar-refractivity contribution in [1.82, 2.24) is 9.88 Å². The van der Waals surface area contributed by atoms with Crippen molar-refractivity contribution < 1.29 is 9.53 Å². The summed E-state index contributed by atoms with van der Waals surface area (Å²) in [5.41, 5.74) is 0.784. The minimum absolute atomic E-state index is 0.0410. The molecule has 0 aliphatic carbocycles. The van der Waals surface area contributed by atoms with Crippen LogP contribution in [0.3, 0.4) is 0 Å². The first-order valence-corrected chi connectivity index (χ1v) is 10.4. The van der Waals surface area contributed by atoms with Gasteiger partial charge in [0.05, 0.1) is 26.0 Å². The molecule has 1 amide bonds. The highest BCUT2D eigenvalue weighted by Gasteiger charge is 2.25. The van der Waals surface area contributed by atoms with Crippen molar-refractivity contribution in [3.05, 3.63) is 38.5 Å². The fourth-order valence-electron chi connectivity index (χ4n) is 2.95. The van der Waals surface area contributed by atoms with Gasteiger partial charge >= 0.3 is 0 Å². The Balaban J connectivity index is 1.49. The van der Waals surface area contributed by atoms with Crippen LogP contribution in [0.5, 0.6) is 5.75 Å². The van der Waals surface area contributed by atoms with Crippen molar-refractivity contribution in [2.24, 2.45) is 0 Å². The monoisotopic (exact) mass is 427 g/mol. The number of anilines is 1. The minimum Gasteiger partial charge on any atom is -0.493 e. The maximum Gasteiger partial charge on any atom is 0.264 e. The Morgan fingerprint density at radius 2 is 1.88 bits per heavy atom. The number of rotatable bonds is 3. The summed E-state index contributed by atoms with van der Waals surface area (Å²) in [6.45, 7) is 2.78. The van der Waals surface area contributed by atoms with Crippen LogP contribution in [-0.4, -0.2) is 49.1 Å². The molecule has 4 rings (SSSR count). The molecule has 1 aliphatic rings. The molecule has 136 valence electrons. The van der Waals surface area contributed by atoms with Gasteiger partial charge in [0.15, 0.2) is 10.9 Å². The van der Waals surface area contributed by atoms with Crippen LogP contribution < -0.4 is 9.64 Å². The SMILES string of the molecule is COc1c(Cl)ccc2sc(N3CCN(C(=O)c4ccc(Cl)s4)CC3)nc12. The Hall–Kier alpha value is -1.54. The molecule has 1 fully saturated rings. The number of methoxy groups -OCH3 is 1. The van der Waals surface area contributed by atoms with Gasteiger partial charge in [0, 0.05) is 26.2 Å². The predicted octanol–water partition coefficient (Wildman–Crippen LogP) is 4.64. The van der Waals surface area contributed by atoms with Crippen LogP contribution in [0.25, 0.3) is 10.2 Å². The lowest BCUT2D eigenvalue weighted by Gasteiger charge is -2.34. The molecule has 3 aromatic rings. The molecular formula is C17H15Cl2N3O2S2. The van der Waals surface area contributed by atoms with E-state index in [2.05, 4.69) is 4.90 Å². The minimum atomic E-state index is 0.0410. The second-order valence-corrected chi connectivity index (χ2v) is 8.94. The quantitative estimate of drug-likeness (QED) is 0.610. The number of thiazole rings is 1. The van der Waals surface area contributed by atoms with E-state index in [1.807, 2.05) is 17.0 Å². The molecule has 5 nitrogen and oxygen atoms in total. The summed E-state index contributed by atoms with van der Waals surface area (Å²) < 4.78 is 7.06. The number of thiophene rings is 1. The Bertz CT molecular complexity index is 964. The molecule has 1 aliphatic heterocycles. The van der Waals surface area contributed by atoms with Gasteiger partial charge in [-0.25, -0.2) is 4.98 Å². The van der Waals surface area contributed by atoms with Crippen molar-refractivity contribution in [1.29, 1.82) is 0 Å². The summed E-state index contributed by atoms with van der Waals surface area (Å²) in [7, 11) is 1.60. The number of aromatic nitrogens is 1. The van der Waals surface area contributed by atoms with E-state index >= 15 is 0 Å². The number of fused-ring (bicyclic) bond motifs is 1. The Morgan fingerprint density at radius 3 is 2.54 bits per heavy atom. The van der Waals surface area contributed by atoms with E-state index in [1.165, 1.54) is 11.3 Å². The van der Waals surface area contributed by atoms with E-state index in [9.17, 15) is 4.79 Å². The number of piperazine rings is 1. The van der Waals surface area contributed by atoms with E-state index in [4.69, 9.17) is 32.9 Å². The topological polar surface area (TPSA) is 45.7 Å². The normalized spacial score (nSPS) is 14.9. The first-order valence-electron chi connectivity index (χ1n) is 7.99. The average Bonchev–Trinajstić information content (AvgIpc) is 3.27. The molecule has 26 heavy (non-hydrogen) atoms. The Morgan fingerprint density at radius 1 is 1.12 bits per heavy atom. The van der Waals surface area contributed by atoms with Crippen LogP contribution in [0, 0.1) is 0 Å². The lowest BCUT2D eigenvalue weighted by molar-refractivity contribution is 0.0751. The van der Waals surface area contributed by atoms with Gasteiger partial charge in [-0.15, -0.1) is 11.3 Å². The largest absolute Gasteiger partial charge is 0.493 e. The lowest BCUT2D eigenvalue weighted by Crippen LogP contribution is -2.48. The van der Waals surface area contributed by atoms with E-state index < -0.39 is 0 Å². The van der Waals surface area contributed by atoms with Crippen molar-refractivity contribution >= 4 is 67.1 Å².